The monoisotopic (exact) mass is 381 g/mol. The quantitative estimate of drug-likeness (QED) is 0.693. The van der Waals surface area contributed by atoms with Gasteiger partial charge in [-0.3, -0.25) is 4.79 Å². The van der Waals surface area contributed by atoms with E-state index in [0.717, 1.165) is 11.1 Å². The summed E-state index contributed by atoms with van der Waals surface area (Å²) in [5.74, 6) is -0.0598. The number of rotatable bonds is 8. The number of hydrogen-bond acceptors (Lipinski definition) is 3. The van der Waals surface area contributed by atoms with Crippen molar-refractivity contribution in [1.82, 2.24) is 5.32 Å². The van der Waals surface area contributed by atoms with Gasteiger partial charge >= 0.3 is 6.61 Å². The van der Waals surface area contributed by atoms with E-state index < -0.39 is 6.61 Å². The molecule has 2 aromatic rings. The maximum absolute atomic E-state index is 12.4. The van der Waals surface area contributed by atoms with Crippen LogP contribution in [0.2, 0.25) is 5.02 Å². The van der Waals surface area contributed by atoms with Crippen molar-refractivity contribution in [3.63, 3.8) is 0 Å². The van der Waals surface area contributed by atoms with Crippen LogP contribution in [0.4, 0.5) is 8.78 Å². The van der Waals surface area contributed by atoms with Crippen molar-refractivity contribution in [1.29, 1.82) is 0 Å². The van der Waals surface area contributed by atoms with E-state index in [9.17, 15) is 13.6 Å². The maximum atomic E-state index is 12.4. The van der Waals surface area contributed by atoms with E-state index in [-0.39, 0.29) is 17.4 Å². The van der Waals surface area contributed by atoms with E-state index in [2.05, 4.69) is 10.1 Å². The minimum absolute atomic E-state index is 0.0334. The first kappa shape index (κ1) is 19.7. The van der Waals surface area contributed by atoms with Crippen molar-refractivity contribution in [2.45, 2.75) is 13.0 Å². The van der Waals surface area contributed by atoms with Crippen LogP contribution in [-0.2, 0) is 11.2 Å². The van der Waals surface area contributed by atoms with Crippen LogP contribution in [0.15, 0.2) is 48.5 Å². The Hall–Kier alpha value is -2.60. The van der Waals surface area contributed by atoms with E-state index in [1.165, 1.54) is 19.3 Å². The highest BCUT2D eigenvalue weighted by molar-refractivity contribution is 6.30. The van der Waals surface area contributed by atoms with Gasteiger partial charge in [0.2, 0.25) is 5.91 Å². The van der Waals surface area contributed by atoms with Crippen molar-refractivity contribution in [3.8, 4) is 11.5 Å². The number of halogens is 3. The topological polar surface area (TPSA) is 47.6 Å². The van der Waals surface area contributed by atoms with Gasteiger partial charge in [-0.05, 0) is 47.9 Å². The zero-order valence-corrected chi connectivity index (χ0v) is 14.8. The van der Waals surface area contributed by atoms with Crippen LogP contribution in [0, 0.1) is 0 Å². The highest BCUT2D eigenvalue weighted by atomic mass is 35.5. The Kier molecular flexibility index (Phi) is 7.41. The normalized spacial score (nSPS) is 11.0. The largest absolute Gasteiger partial charge is 0.493 e. The molecule has 26 heavy (non-hydrogen) atoms. The number of nitrogens with one attached hydrogen (secondary N) is 1. The summed E-state index contributed by atoms with van der Waals surface area (Å²) >= 11 is 5.80. The summed E-state index contributed by atoms with van der Waals surface area (Å²) in [6.45, 7) is -2.58. The first-order valence-corrected chi connectivity index (χ1v) is 8.19. The molecule has 138 valence electrons. The predicted octanol–water partition coefficient (Wildman–Crippen LogP) is 4.32. The number of hydrogen-bond donors (Lipinski definition) is 1. The lowest BCUT2D eigenvalue weighted by Gasteiger charge is -2.11. The molecule has 0 aliphatic rings. The molecule has 1 N–H and O–H groups in total. The second-order valence-corrected chi connectivity index (χ2v) is 5.73. The Morgan fingerprint density at radius 1 is 1.19 bits per heavy atom. The van der Waals surface area contributed by atoms with E-state index in [1.54, 1.807) is 42.5 Å². The number of benzene rings is 2. The molecule has 4 nitrogen and oxygen atoms in total. The molecule has 0 heterocycles. The zero-order valence-electron chi connectivity index (χ0n) is 14.0. The summed E-state index contributed by atoms with van der Waals surface area (Å²) in [4.78, 5) is 11.8. The van der Waals surface area contributed by atoms with Crippen molar-refractivity contribution < 1.29 is 23.0 Å². The fourth-order valence-corrected chi connectivity index (χ4v) is 2.33. The second kappa shape index (κ2) is 9.77. The molecule has 0 aliphatic heterocycles. The Morgan fingerprint density at radius 2 is 1.92 bits per heavy atom. The highest BCUT2D eigenvalue weighted by Gasteiger charge is 2.11. The van der Waals surface area contributed by atoms with Gasteiger partial charge in [0.15, 0.2) is 11.5 Å². The number of amides is 1. The molecule has 0 atom stereocenters. The number of methoxy groups -OCH3 is 1. The lowest BCUT2D eigenvalue weighted by molar-refractivity contribution is -0.116. The first-order chi connectivity index (χ1) is 12.5. The summed E-state index contributed by atoms with van der Waals surface area (Å²) < 4.78 is 34.3. The maximum Gasteiger partial charge on any atom is 0.387 e. The Balaban J connectivity index is 1.86. The highest BCUT2D eigenvalue weighted by Crippen LogP contribution is 2.29. The molecule has 0 aromatic heterocycles. The van der Waals surface area contributed by atoms with Crippen LogP contribution in [0.25, 0.3) is 6.08 Å². The van der Waals surface area contributed by atoms with Gasteiger partial charge in [-0.25, -0.2) is 0 Å². The van der Waals surface area contributed by atoms with Gasteiger partial charge in [-0.15, -0.1) is 0 Å². The van der Waals surface area contributed by atoms with Gasteiger partial charge in [0.25, 0.3) is 0 Å². The standard InChI is InChI=1S/C19H18ClF2NO3/c1-25-16-8-4-14(12-17(16)26-19(21)22)10-11-23-18(24)9-5-13-2-6-15(20)7-3-13/h2-9,12,19H,10-11H2,1H3,(H,23,24)/b9-5+. The number of carbonyl (C=O) groups is 1. The van der Waals surface area contributed by atoms with Gasteiger partial charge in [0.05, 0.1) is 7.11 Å². The summed E-state index contributed by atoms with van der Waals surface area (Å²) in [6, 6.07) is 11.8. The van der Waals surface area contributed by atoms with Crippen molar-refractivity contribution in [3.05, 3.63) is 64.7 Å². The summed E-state index contributed by atoms with van der Waals surface area (Å²) in [5.41, 5.74) is 1.59. The minimum Gasteiger partial charge on any atom is -0.493 e. The van der Waals surface area contributed by atoms with Crippen LogP contribution < -0.4 is 14.8 Å². The SMILES string of the molecule is COc1ccc(CCNC(=O)/C=C/c2ccc(Cl)cc2)cc1OC(F)F. The van der Waals surface area contributed by atoms with Crippen LogP contribution in [-0.4, -0.2) is 26.2 Å². The molecule has 2 rings (SSSR count). The molecule has 0 unspecified atom stereocenters. The van der Waals surface area contributed by atoms with Crippen LogP contribution in [0.5, 0.6) is 11.5 Å². The number of ether oxygens (including phenoxy) is 2. The molecule has 7 heteroatoms. The second-order valence-electron chi connectivity index (χ2n) is 5.29. The molecule has 0 radical (unpaired) electrons. The molecular formula is C19H18ClF2NO3. The lowest BCUT2D eigenvalue weighted by atomic mass is 10.1. The Bertz CT molecular complexity index is 764. The zero-order chi connectivity index (χ0) is 18.9. The van der Waals surface area contributed by atoms with Gasteiger partial charge < -0.3 is 14.8 Å². The molecule has 0 saturated carbocycles. The van der Waals surface area contributed by atoms with Crippen molar-refractivity contribution in [2.24, 2.45) is 0 Å². The smallest absolute Gasteiger partial charge is 0.387 e. The molecule has 0 fully saturated rings. The van der Waals surface area contributed by atoms with Crippen molar-refractivity contribution >= 4 is 23.6 Å². The molecule has 0 saturated heterocycles. The van der Waals surface area contributed by atoms with Crippen LogP contribution in [0.3, 0.4) is 0 Å². The van der Waals surface area contributed by atoms with Gasteiger partial charge in [0, 0.05) is 17.6 Å². The van der Waals surface area contributed by atoms with Gasteiger partial charge in [0.1, 0.15) is 0 Å². The number of carbonyl (C=O) groups excluding carboxylic acids is 1. The van der Waals surface area contributed by atoms with E-state index in [0.29, 0.717) is 18.0 Å². The fraction of sp³-hybridized carbons (Fsp3) is 0.211. The molecule has 0 aliphatic carbocycles. The summed E-state index contributed by atoms with van der Waals surface area (Å²) in [6.07, 6.45) is 3.56. The molecular weight excluding hydrogens is 364 g/mol. The van der Waals surface area contributed by atoms with Crippen LogP contribution >= 0.6 is 11.6 Å². The third kappa shape index (κ3) is 6.37. The predicted molar refractivity (Wildman–Crippen MR) is 96.8 cm³/mol. The average molecular weight is 382 g/mol. The summed E-state index contributed by atoms with van der Waals surface area (Å²) in [7, 11) is 1.38. The molecule has 2 aromatic carbocycles. The van der Waals surface area contributed by atoms with E-state index >= 15 is 0 Å². The first-order valence-electron chi connectivity index (χ1n) is 7.81. The number of alkyl halides is 2. The lowest BCUT2D eigenvalue weighted by Crippen LogP contribution is -2.23. The minimum atomic E-state index is -2.93. The Morgan fingerprint density at radius 3 is 2.58 bits per heavy atom. The van der Waals surface area contributed by atoms with E-state index in [1.807, 2.05) is 0 Å². The third-order valence-electron chi connectivity index (χ3n) is 3.45. The fourth-order valence-electron chi connectivity index (χ4n) is 2.20. The van der Waals surface area contributed by atoms with Gasteiger partial charge in [-0.2, -0.15) is 8.78 Å². The molecule has 1 amide bonds. The van der Waals surface area contributed by atoms with Crippen molar-refractivity contribution in [2.75, 3.05) is 13.7 Å². The average Bonchev–Trinajstić information content (AvgIpc) is 2.61. The molecule has 0 spiro atoms. The van der Waals surface area contributed by atoms with E-state index in [4.69, 9.17) is 16.3 Å². The van der Waals surface area contributed by atoms with Gasteiger partial charge in [-0.1, -0.05) is 29.8 Å². The Labute approximate surface area is 155 Å². The molecule has 0 bridgehead atoms. The third-order valence-corrected chi connectivity index (χ3v) is 3.71. The van der Waals surface area contributed by atoms with Crippen LogP contribution in [0.1, 0.15) is 11.1 Å². The summed E-state index contributed by atoms with van der Waals surface area (Å²) in [5, 5.41) is 3.36.